The molecule has 19 heavy (non-hydrogen) atoms. The second-order valence-corrected chi connectivity index (χ2v) is 6.43. The van der Waals surface area contributed by atoms with Crippen molar-refractivity contribution in [2.75, 3.05) is 6.61 Å². The molecule has 0 heterocycles. The Kier molecular flexibility index (Phi) is 7.36. The van der Waals surface area contributed by atoms with E-state index >= 15 is 0 Å². The summed E-state index contributed by atoms with van der Waals surface area (Å²) in [5.41, 5.74) is 1.14. The van der Waals surface area contributed by atoms with Crippen LogP contribution >= 0.6 is 31.9 Å². The molecule has 0 saturated carbocycles. The summed E-state index contributed by atoms with van der Waals surface area (Å²) < 4.78 is 7.61. The molecular formula is C14H21Br2NO2. The molecule has 0 aliphatic heterocycles. The number of benzene rings is 1. The second kappa shape index (κ2) is 8.25. The van der Waals surface area contributed by atoms with Crippen molar-refractivity contribution in [3.63, 3.8) is 0 Å². The fourth-order valence-electron chi connectivity index (χ4n) is 1.66. The van der Waals surface area contributed by atoms with E-state index in [2.05, 4.69) is 44.1 Å². The van der Waals surface area contributed by atoms with Crippen molar-refractivity contribution in [2.45, 2.75) is 45.9 Å². The molecule has 0 radical (unpaired) electrons. The van der Waals surface area contributed by atoms with E-state index in [1.165, 1.54) is 0 Å². The maximum Gasteiger partial charge on any atom is 0.148 e. The van der Waals surface area contributed by atoms with Crippen molar-refractivity contribution in [3.8, 4) is 5.75 Å². The standard InChI is InChI=1S/C14H21Br2NO2/c1-4-11(8-18)17-7-10-5-12(15)14(13(16)6-10)19-9(2)3/h5-6,9,11,17-18H,4,7-8H2,1-3H3. The third-order valence-electron chi connectivity index (χ3n) is 2.72. The van der Waals surface area contributed by atoms with Gasteiger partial charge in [-0.25, -0.2) is 0 Å². The predicted octanol–water partition coefficient (Wildman–Crippen LogP) is 3.86. The third kappa shape index (κ3) is 5.42. The van der Waals surface area contributed by atoms with E-state index in [-0.39, 0.29) is 18.8 Å². The smallest absolute Gasteiger partial charge is 0.148 e. The number of ether oxygens (including phenoxy) is 1. The van der Waals surface area contributed by atoms with Gasteiger partial charge in [0, 0.05) is 12.6 Å². The zero-order valence-electron chi connectivity index (χ0n) is 11.5. The first-order valence-electron chi connectivity index (χ1n) is 6.46. The first kappa shape index (κ1) is 17.0. The molecule has 1 atom stereocenters. The maximum atomic E-state index is 9.16. The molecule has 2 N–H and O–H groups in total. The van der Waals surface area contributed by atoms with Gasteiger partial charge in [0.15, 0.2) is 0 Å². The zero-order chi connectivity index (χ0) is 14.4. The summed E-state index contributed by atoms with van der Waals surface area (Å²) in [7, 11) is 0. The Labute approximate surface area is 132 Å². The monoisotopic (exact) mass is 393 g/mol. The Hall–Kier alpha value is -0.100. The summed E-state index contributed by atoms with van der Waals surface area (Å²) in [6, 6.07) is 4.23. The van der Waals surface area contributed by atoms with Gasteiger partial charge >= 0.3 is 0 Å². The molecule has 0 bridgehead atoms. The molecule has 1 aromatic carbocycles. The van der Waals surface area contributed by atoms with Crippen molar-refractivity contribution in [3.05, 3.63) is 26.6 Å². The van der Waals surface area contributed by atoms with Gasteiger partial charge in [0.25, 0.3) is 0 Å². The lowest BCUT2D eigenvalue weighted by Crippen LogP contribution is -2.31. The van der Waals surface area contributed by atoms with Gasteiger partial charge in [0.05, 0.1) is 21.7 Å². The normalized spacial score (nSPS) is 12.8. The average molecular weight is 395 g/mol. The minimum absolute atomic E-state index is 0.135. The molecule has 108 valence electrons. The summed E-state index contributed by atoms with van der Waals surface area (Å²) in [6.45, 7) is 6.94. The first-order chi connectivity index (χ1) is 8.97. The SMILES string of the molecule is CCC(CO)NCc1cc(Br)c(OC(C)C)c(Br)c1. The van der Waals surface area contributed by atoms with E-state index in [1.807, 2.05) is 26.0 Å². The molecule has 0 aliphatic carbocycles. The van der Waals surface area contributed by atoms with E-state index in [0.717, 1.165) is 33.2 Å². The summed E-state index contributed by atoms with van der Waals surface area (Å²) >= 11 is 7.07. The fourth-order valence-corrected chi connectivity index (χ4v) is 3.13. The van der Waals surface area contributed by atoms with Crippen LogP contribution in [0.3, 0.4) is 0 Å². The highest BCUT2D eigenvalue weighted by atomic mass is 79.9. The van der Waals surface area contributed by atoms with E-state index in [0.29, 0.717) is 0 Å². The third-order valence-corrected chi connectivity index (χ3v) is 3.90. The summed E-state index contributed by atoms with van der Waals surface area (Å²) in [6.07, 6.45) is 1.04. The zero-order valence-corrected chi connectivity index (χ0v) is 14.7. The highest BCUT2D eigenvalue weighted by molar-refractivity contribution is 9.11. The number of aliphatic hydroxyl groups is 1. The maximum absolute atomic E-state index is 9.16. The van der Waals surface area contributed by atoms with Crippen LogP contribution in [-0.4, -0.2) is 23.9 Å². The molecule has 5 heteroatoms. The van der Waals surface area contributed by atoms with E-state index in [4.69, 9.17) is 9.84 Å². The molecule has 0 fully saturated rings. The van der Waals surface area contributed by atoms with Gasteiger partial charge in [0.1, 0.15) is 5.75 Å². The Morgan fingerprint density at radius 2 is 1.84 bits per heavy atom. The van der Waals surface area contributed by atoms with E-state index in [9.17, 15) is 0 Å². The topological polar surface area (TPSA) is 41.5 Å². The van der Waals surface area contributed by atoms with E-state index < -0.39 is 0 Å². The van der Waals surface area contributed by atoms with Gasteiger partial charge in [-0.1, -0.05) is 6.92 Å². The molecule has 0 aromatic heterocycles. The fraction of sp³-hybridized carbons (Fsp3) is 0.571. The number of nitrogens with one attached hydrogen (secondary N) is 1. The first-order valence-corrected chi connectivity index (χ1v) is 8.05. The number of hydrogen-bond donors (Lipinski definition) is 2. The van der Waals surface area contributed by atoms with Crippen molar-refractivity contribution in [1.29, 1.82) is 0 Å². The predicted molar refractivity (Wildman–Crippen MR) is 85.6 cm³/mol. The highest BCUT2D eigenvalue weighted by Crippen LogP contribution is 2.35. The second-order valence-electron chi connectivity index (χ2n) is 4.72. The summed E-state index contributed by atoms with van der Waals surface area (Å²) in [5, 5.41) is 12.5. The Morgan fingerprint density at radius 1 is 1.26 bits per heavy atom. The van der Waals surface area contributed by atoms with Crippen molar-refractivity contribution in [2.24, 2.45) is 0 Å². The number of rotatable bonds is 7. The highest BCUT2D eigenvalue weighted by Gasteiger charge is 2.11. The largest absolute Gasteiger partial charge is 0.489 e. The van der Waals surface area contributed by atoms with Crippen LogP contribution in [0.4, 0.5) is 0 Å². The molecule has 1 unspecified atom stereocenters. The molecule has 0 aliphatic rings. The van der Waals surface area contributed by atoms with Crippen LogP contribution in [0.2, 0.25) is 0 Å². The van der Waals surface area contributed by atoms with Crippen LogP contribution in [-0.2, 0) is 6.54 Å². The van der Waals surface area contributed by atoms with Crippen LogP contribution in [0.1, 0.15) is 32.8 Å². The van der Waals surface area contributed by atoms with Crippen LogP contribution in [0.25, 0.3) is 0 Å². The van der Waals surface area contributed by atoms with Crippen molar-refractivity contribution < 1.29 is 9.84 Å². The van der Waals surface area contributed by atoms with Gasteiger partial charge in [-0.05, 0) is 69.8 Å². The van der Waals surface area contributed by atoms with Gasteiger partial charge in [0.2, 0.25) is 0 Å². The van der Waals surface area contributed by atoms with Gasteiger partial charge in [-0.3, -0.25) is 0 Å². The van der Waals surface area contributed by atoms with Crippen molar-refractivity contribution >= 4 is 31.9 Å². The van der Waals surface area contributed by atoms with Crippen LogP contribution in [0.15, 0.2) is 21.1 Å². The van der Waals surface area contributed by atoms with Crippen LogP contribution in [0, 0.1) is 0 Å². The number of aliphatic hydroxyl groups excluding tert-OH is 1. The molecule has 0 amide bonds. The minimum atomic E-state index is 0.135. The lowest BCUT2D eigenvalue weighted by Gasteiger charge is -2.17. The molecule has 1 aromatic rings. The van der Waals surface area contributed by atoms with Crippen molar-refractivity contribution in [1.82, 2.24) is 5.32 Å². The molecule has 3 nitrogen and oxygen atoms in total. The Bertz CT molecular complexity index is 383. The molecular weight excluding hydrogens is 374 g/mol. The number of halogens is 2. The van der Waals surface area contributed by atoms with Crippen LogP contribution in [0.5, 0.6) is 5.75 Å². The summed E-state index contributed by atoms with van der Waals surface area (Å²) in [5.74, 6) is 0.827. The van der Waals surface area contributed by atoms with E-state index in [1.54, 1.807) is 0 Å². The van der Waals surface area contributed by atoms with Gasteiger partial charge in [-0.15, -0.1) is 0 Å². The number of hydrogen-bond acceptors (Lipinski definition) is 3. The quantitative estimate of drug-likeness (QED) is 0.737. The summed E-state index contributed by atoms with van der Waals surface area (Å²) in [4.78, 5) is 0. The average Bonchev–Trinajstić information content (AvgIpc) is 2.35. The van der Waals surface area contributed by atoms with Gasteiger partial charge in [-0.2, -0.15) is 0 Å². The minimum Gasteiger partial charge on any atom is -0.489 e. The Balaban J connectivity index is 2.77. The molecule has 0 spiro atoms. The van der Waals surface area contributed by atoms with Crippen LogP contribution < -0.4 is 10.1 Å². The lowest BCUT2D eigenvalue weighted by atomic mass is 10.2. The molecule has 0 saturated heterocycles. The Morgan fingerprint density at radius 3 is 2.26 bits per heavy atom. The van der Waals surface area contributed by atoms with Gasteiger partial charge < -0.3 is 15.2 Å². The molecule has 1 rings (SSSR count). The lowest BCUT2D eigenvalue weighted by molar-refractivity contribution is 0.237.